The van der Waals surface area contributed by atoms with Gasteiger partial charge in [0, 0.05) is 5.69 Å². The van der Waals surface area contributed by atoms with E-state index in [4.69, 9.17) is 15.1 Å². The standard InChI is InChI=1S/C15H13N3O4S/c16-9-11-4-6-13(7-5-11)22-10-15(19)18-12-2-1-3-14(8-12)23(17,20)21/h1-8H,10H2,(H,18,19)(H2,17,20,21). The molecule has 0 fully saturated rings. The SMILES string of the molecule is N#Cc1ccc(OCC(=O)Nc2cccc(S(N)(=O)=O)c2)cc1. The number of rotatable bonds is 5. The Morgan fingerprint density at radius 1 is 1.22 bits per heavy atom. The lowest BCUT2D eigenvalue weighted by molar-refractivity contribution is -0.118. The molecule has 2 aromatic rings. The second-order valence-corrected chi connectivity index (χ2v) is 6.11. The molecule has 0 aromatic heterocycles. The number of amides is 1. The van der Waals surface area contributed by atoms with E-state index >= 15 is 0 Å². The zero-order valence-corrected chi connectivity index (χ0v) is 12.7. The average molecular weight is 331 g/mol. The molecule has 0 unspecified atom stereocenters. The maximum absolute atomic E-state index is 11.8. The summed E-state index contributed by atoms with van der Waals surface area (Å²) in [5, 5.41) is 16.2. The van der Waals surface area contributed by atoms with Crippen molar-refractivity contribution >= 4 is 21.6 Å². The molecule has 0 spiro atoms. The van der Waals surface area contributed by atoms with Gasteiger partial charge in [0.2, 0.25) is 10.0 Å². The number of nitrogens with one attached hydrogen (secondary N) is 1. The van der Waals surface area contributed by atoms with Crippen molar-refractivity contribution in [1.29, 1.82) is 5.26 Å². The summed E-state index contributed by atoms with van der Waals surface area (Å²) in [7, 11) is -3.83. The Morgan fingerprint density at radius 3 is 2.52 bits per heavy atom. The van der Waals surface area contributed by atoms with Gasteiger partial charge in [-0.25, -0.2) is 13.6 Å². The number of carbonyl (C=O) groups excluding carboxylic acids is 1. The largest absolute Gasteiger partial charge is 0.484 e. The third kappa shape index (κ3) is 4.81. The maximum atomic E-state index is 11.8. The molecule has 0 heterocycles. The Kier molecular flexibility index (Phi) is 4.95. The normalized spacial score (nSPS) is 10.6. The second-order valence-electron chi connectivity index (χ2n) is 4.55. The average Bonchev–Trinajstić information content (AvgIpc) is 2.53. The van der Waals surface area contributed by atoms with Gasteiger partial charge in [0.1, 0.15) is 5.75 Å². The van der Waals surface area contributed by atoms with Gasteiger partial charge in [0.25, 0.3) is 5.91 Å². The first kappa shape index (κ1) is 16.5. The molecule has 118 valence electrons. The van der Waals surface area contributed by atoms with Gasteiger partial charge >= 0.3 is 0 Å². The zero-order valence-electron chi connectivity index (χ0n) is 11.9. The Bertz CT molecular complexity index is 855. The predicted octanol–water partition coefficient (Wildman–Crippen LogP) is 1.22. The van der Waals surface area contributed by atoms with Crippen LogP contribution in [0.25, 0.3) is 0 Å². The molecule has 0 saturated carbocycles. The monoisotopic (exact) mass is 331 g/mol. The Hall–Kier alpha value is -2.89. The first-order valence-electron chi connectivity index (χ1n) is 6.44. The number of hydrogen-bond acceptors (Lipinski definition) is 5. The van der Waals surface area contributed by atoms with Crippen LogP contribution in [0.2, 0.25) is 0 Å². The molecule has 0 bridgehead atoms. The lowest BCUT2D eigenvalue weighted by atomic mass is 10.2. The smallest absolute Gasteiger partial charge is 0.262 e. The van der Waals surface area contributed by atoms with Gasteiger partial charge in [0.05, 0.1) is 16.5 Å². The van der Waals surface area contributed by atoms with Crippen molar-refractivity contribution in [1.82, 2.24) is 0 Å². The fourth-order valence-electron chi connectivity index (χ4n) is 1.72. The van der Waals surface area contributed by atoms with Crippen LogP contribution in [0, 0.1) is 11.3 Å². The highest BCUT2D eigenvalue weighted by Crippen LogP contribution is 2.15. The van der Waals surface area contributed by atoms with E-state index in [-0.39, 0.29) is 11.5 Å². The van der Waals surface area contributed by atoms with Crippen molar-refractivity contribution in [3.8, 4) is 11.8 Å². The second kappa shape index (κ2) is 6.91. The van der Waals surface area contributed by atoms with Gasteiger partial charge in [-0.1, -0.05) is 6.07 Å². The summed E-state index contributed by atoms with van der Waals surface area (Å²) in [6.45, 7) is -0.258. The van der Waals surface area contributed by atoms with Crippen molar-refractivity contribution in [3.63, 3.8) is 0 Å². The Balaban J connectivity index is 1.96. The van der Waals surface area contributed by atoms with E-state index in [1.54, 1.807) is 24.3 Å². The van der Waals surface area contributed by atoms with Crippen molar-refractivity contribution in [2.75, 3.05) is 11.9 Å². The van der Waals surface area contributed by atoms with Crippen molar-refractivity contribution < 1.29 is 17.9 Å². The number of hydrogen-bond donors (Lipinski definition) is 2. The van der Waals surface area contributed by atoms with Crippen LogP contribution >= 0.6 is 0 Å². The van der Waals surface area contributed by atoms with Crippen LogP contribution in [0.3, 0.4) is 0 Å². The van der Waals surface area contributed by atoms with E-state index in [1.807, 2.05) is 6.07 Å². The van der Waals surface area contributed by atoms with Crippen LogP contribution < -0.4 is 15.2 Å². The molecule has 7 nitrogen and oxygen atoms in total. The van der Waals surface area contributed by atoms with Crippen molar-refractivity contribution in [2.24, 2.45) is 5.14 Å². The molecule has 0 aliphatic rings. The summed E-state index contributed by atoms with van der Waals surface area (Å²) in [4.78, 5) is 11.7. The quantitative estimate of drug-likeness (QED) is 0.853. The van der Waals surface area contributed by atoms with Gasteiger partial charge in [-0.05, 0) is 42.5 Å². The number of nitriles is 1. The van der Waals surface area contributed by atoms with E-state index in [9.17, 15) is 13.2 Å². The molecule has 0 atom stereocenters. The predicted molar refractivity (Wildman–Crippen MR) is 83.1 cm³/mol. The summed E-state index contributed by atoms with van der Waals surface area (Å²) in [6, 6.07) is 13.9. The fourth-order valence-corrected chi connectivity index (χ4v) is 2.28. The first-order chi connectivity index (χ1) is 10.9. The highest BCUT2D eigenvalue weighted by molar-refractivity contribution is 7.89. The fraction of sp³-hybridized carbons (Fsp3) is 0.0667. The summed E-state index contributed by atoms with van der Waals surface area (Å²) in [5.41, 5.74) is 0.784. The minimum atomic E-state index is -3.83. The van der Waals surface area contributed by atoms with Crippen LogP contribution in [-0.4, -0.2) is 20.9 Å². The Labute approximate surface area is 133 Å². The highest BCUT2D eigenvalue weighted by atomic mass is 32.2. The first-order valence-corrected chi connectivity index (χ1v) is 7.99. The number of sulfonamides is 1. The Morgan fingerprint density at radius 2 is 1.91 bits per heavy atom. The van der Waals surface area contributed by atoms with E-state index in [0.717, 1.165) is 0 Å². The van der Waals surface area contributed by atoms with E-state index in [0.29, 0.717) is 17.0 Å². The molecule has 1 amide bonds. The van der Waals surface area contributed by atoms with Crippen LogP contribution in [0.15, 0.2) is 53.4 Å². The lowest BCUT2D eigenvalue weighted by Gasteiger charge is -2.08. The summed E-state index contributed by atoms with van der Waals surface area (Å²) >= 11 is 0. The third-order valence-electron chi connectivity index (χ3n) is 2.80. The summed E-state index contributed by atoms with van der Waals surface area (Å²) < 4.78 is 27.8. The van der Waals surface area contributed by atoms with E-state index in [1.165, 1.54) is 24.3 Å². The van der Waals surface area contributed by atoms with Gasteiger partial charge in [-0.15, -0.1) is 0 Å². The molecule has 0 saturated heterocycles. The molecule has 2 aromatic carbocycles. The minimum Gasteiger partial charge on any atom is -0.484 e. The van der Waals surface area contributed by atoms with Gasteiger partial charge in [-0.2, -0.15) is 5.26 Å². The summed E-state index contributed by atoms with van der Waals surface area (Å²) in [5.74, 6) is -0.0154. The van der Waals surface area contributed by atoms with E-state index < -0.39 is 15.9 Å². The molecule has 0 radical (unpaired) electrons. The lowest BCUT2D eigenvalue weighted by Crippen LogP contribution is -2.20. The number of nitrogens with zero attached hydrogens (tertiary/aromatic N) is 1. The maximum Gasteiger partial charge on any atom is 0.262 e. The number of benzene rings is 2. The number of ether oxygens (including phenoxy) is 1. The molecule has 8 heteroatoms. The topological polar surface area (TPSA) is 122 Å². The van der Waals surface area contributed by atoms with Gasteiger partial charge in [0.15, 0.2) is 6.61 Å². The molecular formula is C15H13N3O4S. The summed E-state index contributed by atoms with van der Waals surface area (Å²) in [6.07, 6.45) is 0. The van der Waals surface area contributed by atoms with Crippen LogP contribution in [0.4, 0.5) is 5.69 Å². The number of nitrogens with two attached hydrogens (primary N) is 1. The number of primary sulfonamides is 1. The minimum absolute atomic E-state index is 0.0942. The van der Waals surface area contributed by atoms with Crippen molar-refractivity contribution in [2.45, 2.75) is 4.90 Å². The number of anilines is 1. The molecule has 0 aliphatic carbocycles. The number of carbonyl (C=O) groups is 1. The van der Waals surface area contributed by atoms with Crippen LogP contribution in [0.1, 0.15) is 5.56 Å². The van der Waals surface area contributed by atoms with Gasteiger partial charge < -0.3 is 10.1 Å². The van der Waals surface area contributed by atoms with E-state index in [2.05, 4.69) is 5.32 Å². The van der Waals surface area contributed by atoms with Gasteiger partial charge in [-0.3, -0.25) is 4.79 Å². The molecule has 0 aliphatic heterocycles. The van der Waals surface area contributed by atoms with Crippen molar-refractivity contribution in [3.05, 3.63) is 54.1 Å². The van der Waals surface area contributed by atoms with Crippen LogP contribution in [-0.2, 0) is 14.8 Å². The van der Waals surface area contributed by atoms with Crippen LogP contribution in [0.5, 0.6) is 5.75 Å². The molecule has 23 heavy (non-hydrogen) atoms. The zero-order chi connectivity index (χ0) is 16.9. The molecule has 2 rings (SSSR count). The highest BCUT2D eigenvalue weighted by Gasteiger charge is 2.10. The molecule has 3 N–H and O–H groups in total. The molecular weight excluding hydrogens is 318 g/mol. The third-order valence-corrected chi connectivity index (χ3v) is 3.71.